The van der Waals surface area contributed by atoms with Gasteiger partial charge in [0, 0.05) is 24.9 Å². The summed E-state index contributed by atoms with van der Waals surface area (Å²) in [6, 6.07) is 7.82. The van der Waals surface area contributed by atoms with Gasteiger partial charge in [-0.05, 0) is 37.3 Å². The fourth-order valence-electron chi connectivity index (χ4n) is 4.98. The molecule has 0 unspecified atom stereocenters. The molecule has 1 atom stereocenters. The molecule has 41 heavy (non-hydrogen) atoms. The lowest BCUT2D eigenvalue weighted by atomic mass is 9.80. The Hall–Kier alpha value is -3.87. The van der Waals surface area contributed by atoms with E-state index in [0.29, 0.717) is 30.6 Å². The van der Waals surface area contributed by atoms with Crippen LogP contribution >= 0.6 is 11.8 Å². The maximum Gasteiger partial charge on any atom is 0.330 e. The molecule has 3 N–H and O–H groups in total. The lowest BCUT2D eigenvalue weighted by Gasteiger charge is -2.37. The number of nitrogens with zero attached hydrogens (tertiary/aromatic N) is 4. The van der Waals surface area contributed by atoms with Gasteiger partial charge < -0.3 is 20.2 Å². The van der Waals surface area contributed by atoms with E-state index in [2.05, 4.69) is 20.8 Å². The number of nitrogens with one attached hydrogen (secondary N) is 2. The first-order valence-electron chi connectivity index (χ1n) is 13.7. The van der Waals surface area contributed by atoms with Crippen LogP contribution in [-0.4, -0.2) is 59.4 Å². The molecule has 3 aromatic rings. The average Bonchev–Trinajstić information content (AvgIpc) is 3.52. The zero-order valence-corrected chi connectivity index (χ0v) is 24.3. The van der Waals surface area contributed by atoms with E-state index in [1.807, 2.05) is 19.9 Å². The third-order valence-electron chi connectivity index (χ3n) is 7.14. The van der Waals surface area contributed by atoms with Crippen molar-refractivity contribution in [2.45, 2.75) is 75.7 Å². The number of hydrogen-bond donors (Lipinski definition) is 3. The van der Waals surface area contributed by atoms with Gasteiger partial charge in [-0.15, -0.1) is 10.2 Å². The summed E-state index contributed by atoms with van der Waals surface area (Å²) in [5, 5.41) is 23.7. The highest BCUT2D eigenvalue weighted by molar-refractivity contribution is 7.99. The lowest BCUT2D eigenvalue weighted by Crippen LogP contribution is -2.62. The van der Waals surface area contributed by atoms with E-state index in [0.717, 1.165) is 31.0 Å². The Morgan fingerprint density at radius 1 is 1.12 bits per heavy atom. The molecule has 12 nitrogen and oxygen atoms in total. The van der Waals surface area contributed by atoms with Gasteiger partial charge in [0.05, 0.1) is 12.2 Å². The molecule has 1 saturated carbocycles. The normalized spacial score (nSPS) is 15.4. The minimum absolute atomic E-state index is 0.0686. The molecule has 0 saturated heterocycles. The maximum absolute atomic E-state index is 13.8. The summed E-state index contributed by atoms with van der Waals surface area (Å²) >= 11 is 1.14. The Morgan fingerprint density at radius 2 is 1.83 bits per heavy atom. The van der Waals surface area contributed by atoms with Crippen LogP contribution in [0.1, 0.15) is 73.4 Å². The van der Waals surface area contributed by atoms with E-state index in [9.17, 15) is 24.3 Å². The van der Waals surface area contributed by atoms with Gasteiger partial charge in [0.15, 0.2) is 0 Å². The highest BCUT2D eigenvalue weighted by Gasteiger charge is 2.43. The number of Topliss-reactive ketones (excluding diaryl/α,β-unsaturated/α-hetero) is 1. The summed E-state index contributed by atoms with van der Waals surface area (Å²) in [5.74, 6) is -1.22. The van der Waals surface area contributed by atoms with E-state index >= 15 is 0 Å². The van der Waals surface area contributed by atoms with Crippen LogP contribution in [0.3, 0.4) is 0 Å². The van der Waals surface area contributed by atoms with E-state index in [-0.39, 0.29) is 41.1 Å². The zero-order chi connectivity index (χ0) is 29.6. The van der Waals surface area contributed by atoms with Crippen molar-refractivity contribution in [3.05, 3.63) is 58.5 Å². The molecule has 1 aliphatic carbocycles. The van der Waals surface area contributed by atoms with Gasteiger partial charge in [-0.3, -0.25) is 23.5 Å². The van der Waals surface area contributed by atoms with Crippen molar-refractivity contribution in [2.75, 3.05) is 5.75 Å². The summed E-state index contributed by atoms with van der Waals surface area (Å²) in [4.78, 5) is 52.3. The predicted octanol–water partition coefficient (Wildman–Crippen LogP) is 2.91. The van der Waals surface area contributed by atoms with Crippen LogP contribution in [0.4, 0.5) is 0 Å². The molecule has 0 aliphatic heterocycles. The van der Waals surface area contributed by atoms with Crippen LogP contribution in [0.2, 0.25) is 0 Å². The lowest BCUT2D eigenvalue weighted by molar-refractivity contribution is -0.129. The molecular formula is C28H36N6O6S. The van der Waals surface area contributed by atoms with Crippen molar-refractivity contribution in [1.29, 1.82) is 0 Å². The second-order valence-electron chi connectivity index (χ2n) is 10.7. The summed E-state index contributed by atoms with van der Waals surface area (Å²) in [6.45, 7) is 4.08. The van der Waals surface area contributed by atoms with Gasteiger partial charge in [-0.1, -0.05) is 63.1 Å². The van der Waals surface area contributed by atoms with E-state index in [1.54, 1.807) is 31.3 Å². The average molecular weight is 585 g/mol. The predicted molar refractivity (Wildman–Crippen MR) is 152 cm³/mol. The molecule has 13 heteroatoms. The summed E-state index contributed by atoms with van der Waals surface area (Å²) in [6.07, 6.45) is 5.14. The second-order valence-corrected chi connectivity index (χ2v) is 11.8. The largest absolute Gasteiger partial charge is 0.493 e. The molecule has 1 aliphatic rings. The highest BCUT2D eigenvalue weighted by Crippen LogP contribution is 2.30. The summed E-state index contributed by atoms with van der Waals surface area (Å²) < 4.78 is 8.09. The number of hydrogen-bond acceptors (Lipinski definition) is 9. The van der Waals surface area contributed by atoms with E-state index in [4.69, 9.17) is 4.42 Å². The van der Waals surface area contributed by atoms with Crippen molar-refractivity contribution < 1.29 is 23.9 Å². The van der Waals surface area contributed by atoms with Crippen LogP contribution in [0.25, 0.3) is 0 Å². The van der Waals surface area contributed by atoms with Gasteiger partial charge in [0.1, 0.15) is 5.54 Å². The Balaban J connectivity index is 1.45. The van der Waals surface area contributed by atoms with Crippen LogP contribution in [-0.2, 0) is 18.4 Å². The molecule has 2 amide bonds. The SMILES string of the molecule is CC(C)C[C@H](NC(=O)C1(NC(=O)c2ccccc2)CCCCC1)C(=O)c1nnc(SCCn2c(O)cn(C)c2=O)o1. The number of aromatic hydroxyl groups is 1. The minimum Gasteiger partial charge on any atom is -0.493 e. The first kappa shape index (κ1) is 30.1. The molecule has 1 aromatic carbocycles. The smallest absolute Gasteiger partial charge is 0.330 e. The van der Waals surface area contributed by atoms with E-state index in [1.165, 1.54) is 15.3 Å². The van der Waals surface area contributed by atoms with Crippen molar-refractivity contribution in [1.82, 2.24) is 30.0 Å². The van der Waals surface area contributed by atoms with Gasteiger partial charge in [0.2, 0.25) is 17.6 Å². The van der Waals surface area contributed by atoms with Crippen molar-refractivity contribution in [3.8, 4) is 5.88 Å². The van der Waals surface area contributed by atoms with Crippen LogP contribution in [0.15, 0.2) is 51.0 Å². The fourth-order valence-corrected chi connectivity index (χ4v) is 5.67. The third-order valence-corrected chi connectivity index (χ3v) is 7.93. The molecule has 2 heterocycles. The topological polar surface area (TPSA) is 161 Å². The Labute approximate surface area is 241 Å². The quantitative estimate of drug-likeness (QED) is 0.215. The highest BCUT2D eigenvalue weighted by atomic mass is 32.2. The number of aromatic nitrogens is 4. The van der Waals surface area contributed by atoms with Crippen LogP contribution < -0.4 is 16.3 Å². The number of ketones is 1. The minimum atomic E-state index is -1.13. The van der Waals surface area contributed by atoms with Crippen molar-refractivity contribution in [2.24, 2.45) is 13.0 Å². The van der Waals surface area contributed by atoms with Crippen LogP contribution in [0.5, 0.6) is 5.88 Å². The van der Waals surface area contributed by atoms with Gasteiger partial charge >= 0.3 is 5.69 Å². The summed E-state index contributed by atoms with van der Waals surface area (Å²) in [7, 11) is 1.54. The number of benzene rings is 1. The number of carbonyl (C=O) groups excluding carboxylic acids is 3. The number of rotatable bonds is 12. The molecule has 220 valence electrons. The Morgan fingerprint density at radius 3 is 2.46 bits per heavy atom. The number of thioether (sulfide) groups is 1. The van der Waals surface area contributed by atoms with Gasteiger partial charge in [0.25, 0.3) is 17.0 Å². The number of aryl methyl sites for hydroxylation is 1. The molecule has 0 radical (unpaired) electrons. The Kier molecular flexibility index (Phi) is 9.69. The van der Waals surface area contributed by atoms with Gasteiger partial charge in [-0.2, -0.15) is 0 Å². The number of imidazole rings is 1. The Bertz CT molecular complexity index is 1420. The molecule has 0 spiro atoms. The zero-order valence-electron chi connectivity index (χ0n) is 23.5. The molecule has 2 aromatic heterocycles. The second kappa shape index (κ2) is 13.2. The van der Waals surface area contributed by atoms with Gasteiger partial charge in [-0.25, -0.2) is 4.79 Å². The van der Waals surface area contributed by atoms with Crippen LogP contribution in [0, 0.1) is 5.92 Å². The number of carbonyl (C=O) groups is 3. The first-order valence-corrected chi connectivity index (χ1v) is 14.7. The standard InChI is InChI=1S/C28H36N6O6S/c1-18(2)16-20(22(36)24-31-32-26(40-24)41-15-14-34-21(35)17-33(3)27(34)39)29-25(38)28(12-8-5-9-13-28)30-23(37)19-10-6-4-7-11-19/h4,6-7,10-11,17-18,20,35H,5,8-9,12-16H2,1-3H3,(H,29,38)(H,30,37)/t20-/m0/s1. The molecule has 1 fully saturated rings. The maximum atomic E-state index is 13.8. The molecule has 4 rings (SSSR count). The monoisotopic (exact) mass is 584 g/mol. The molecular weight excluding hydrogens is 548 g/mol. The number of amides is 2. The molecule has 0 bridgehead atoms. The fraction of sp³-hybridized carbons (Fsp3) is 0.500. The van der Waals surface area contributed by atoms with E-state index < -0.39 is 23.3 Å². The summed E-state index contributed by atoms with van der Waals surface area (Å²) in [5.41, 5.74) is -1.02. The third kappa shape index (κ3) is 7.26. The van der Waals surface area contributed by atoms with Crippen molar-refractivity contribution >= 4 is 29.4 Å². The first-order chi connectivity index (χ1) is 19.6. The van der Waals surface area contributed by atoms with Crippen molar-refractivity contribution in [3.63, 3.8) is 0 Å².